The van der Waals surface area contributed by atoms with Crippen LogP contribution in [-0.4, -0.2) is 60.4 Å². The molecule has 0 atom stereocenters. The van der Waals surface area contributed by atoms with Crippen molar-refractivity contribution in [2.75, 3.05) is 32.8 Å². The zero-order valence-electron chi connectivity index (χ0n) is 22.2. The van der Waals surface area contributed by atoms with Crippen molar-refractivity contribution in [1.29, 1.82) is 0 Å². The highest BCUT2D eigenvalue weighted by Gasteiger charge is 2.41. The van der Waals surface area contributed by atoms with E-state index in [0.717, 1.165) is 40.4 Å². The molecule has 0 aliphatic carbocycles. The van der Waals surface area contributed by atoms with Gasteiger partial charge in [0.05, 0.1) is 34.7 Å². The minimum absolute atomic E-state index is 0.0728. The predicted molar refractivity (Wildman–Crippen MR) is 144 cm³/mol. The molecule has 1 spiro atoms. The van der Waals surface area contributed by atoms with Gasteiger partial charge in [-0.15, -0.1) is 11.3 Å². The summed E-state index contributed by atoms with van der Waals surface area (Å²) in [5.74, 6) is 0.625. The first-order valence-electron chi connectivity index (χ1n) is 13.3. The van der Waals surface area contributed by atoms with Gasteiger partial charge in [-0.2, -0.15) is 0 Å². The molecule has 3 amide bonds. The lowest BCUT2D eigenvalue weighted by molar-refractivity contribution is -0.140. The van der Waals surface area contributed by atoms with Crippen molar-refractivity contribution in [3.05, 3.63) is 44.9 Å². The molecule has 1 fully saturated rings. The summed E-state index contributed by atoms with van der Waals surface area (Å²) in [6.07, 6.45) is 4.69. The van der Waals surface area contributed by atoms with Crippen LogP contribution in [0, 0.1) is 26.2 Å². The van der Waals surface area contributed by atoms with Crippen molar-refractivity contribution < 1.29 is 19.1 Å². The topological polar surface area (TPSA) is 101 Å². The van der Waals surface area contributed by atoms with E-state index in [1.165, 1.54) is 0 Å². The number of benzene rings is 1. The van der Waals surface area contributed by atoms with Crippen LogP contribution in [0.25, 0.3) is 0 Å². The van der Waals surface area contributed by atoms with Crippen LogP contribution in [0.1, 0.15) is 70.0 Å². The van der Waals surface area contributed by atoms with Gasteiger partial charge in [-0.05, 0) is 70.6 Å². The second kappa shape index (κ2) is 12.1. The number of thiazole rings is 1. The summed E-state index contributed by atoms with van der Waals surface area (Å²) in [6, 6.07) is 5.60. The molecule has 2 aliphatic heterocycles. The molecule has 8 nitrogen and oxygen atoms in total. The zero-order chi connectivity index (χ0) is 26.4. The molecule has 200 valence electrons. The Kier molecular flexibility index (Phi) is 8.84. The fraction of sp³-hybridized carbons (Fsp3) is 0.571. The maximum Gasteiger partial charge on any atom is 0.255 e. The Labute approximate surface area is 223 Å². The first kappa shape index (κ1) is 27.1. The standard InChI is InChI=1S/C28H38N4O4S/c1-19-7-8-22-23(17-19)36-16-6-13-30-27(35)28(9-4-5-12-29-26(22)34)10-14-32(15-11-28)25(33)18-24-20(2)31-21(3)37-24/h7-8,17H,4-6,9-16,18H2,1-3H3,(H,29,34)(H,30,35). The van der Waals surface area contributed by atoms with Gasteiger partial charge in [0.1, 0.15) is 5.75 Å². The van der Waals surface area contributed by atoms with Gasteiger partial charge >= 0.3 is 0 Å². The van der Waals surface area contributed by atoms with Crippen molar-refractivity contribution in [3.63, 3.8) is 0 Å². The number of carbonyl (C=O) groups excluding carboxylic acids is 3. The molecule has 2 aliphatic rings. The van der Waals surface area contributed by atoms with Gasteiger partial charge in [0.2, 0.25) is 11.8 Å². The van der Waals surface area contributed by atoms with E-state index in [1.807, 2.05) is 37.8 Å². The van der Waals surface area contributed by atoms with Gasteiger partial charge in [0.15, 0.2) is 0 Å². The van der Waals surface area contributed by atoms with Gasteiger partial charge in [-0.25, -0.2) is 4.98 Å². The molecule has 2 N–H and O–H groups in total. The highest BCUT2D eigenvalue weighted by atomic mass is 32.1. The predicted octanol–water partition coefficient (Wildman–Crippen LogP) is 3.72. The number of likely N-dealkylation sites (tertiary alicyclic amines) is 1. The lowest BCUT2D eigenvalue weighted by Crippen LogP contribution is -2.50. The molecule has 0 radical (unpaired) electrons. The molecular formula is C28H38N4O4S. The quantitative estimate of drug-likeness (QED) is 0.621. The van der Waals surface area contributed by atoms with Crippen LogP contribution in [0.2, 0.25) is 0 Å². The van der Waals surface area contributed by atoms with Crippen molar-refractivity contribution in [2.45, 2.75) is 65.7 Å². The van der Waals surface area contributed by atoms with E-state index in [-0.39, 0.29) is 17.7 Å². The van der Waals surface area contributed by atoms with Crippen molar-refractivity contribution >= 4 is 29.1 Å². The summed E-state index contributed by atoms with van der Waals surface area (Å²) in [5.41, 5.74) is 2.02. The molecular weight excluding hydrogens is 488 g/mol. The van der Waals surface area contributed by atoms with Gasteiger partial charge in [0, 0.05) is 31.1 Å². The molecule has 37 heavy (non-hydrogen) atoms. The number of hydrogen-bond acceptors (Lipinski definition) is 6. The largest absolute Gasteiger partial charge is 0.493 e. The number of amides is 3. The fourth-order valence-corrected chi connectivity index (χ4v) is 6.16. The molecule has 0 bridgehead atoms. The molecule has 3 heterocycles. The number of nitrogens with zero attached hydrogens (tertiary/aromatic N) is 2. The normalized spacial score (nSPS) is 19.2. The third-order valence-corrected chi connectivity index (χ3v) is 8.55. The maximum atomic E-state index is 13.4. The monoisotopic (exact) mass is 526 g/mol. The lowest BCUT2D eigenvalue weighted by atomic mass is 9.73. The minimum Gasteiger partial charge on any atom is -0.493 e. The van der Waals surface area contributed by atoms with E-state index < -0.39 is 5.41 Å². The third kappa shape index (κ3) is 6.69. The first-order chi connectivity index (χ1) is 17.8. The summed E-state index contributed by atoms with van der Waals surface area (Å²) in [7, 11) is 0. The Bertz CT molecular complexity index is 1140. The average molecular weight is 527 g/mol. The SMILES string of the molecule is Cc1ccc2c(c1)OCCCNC(=O)C1(CCCCNC2=O)CCN(C(=O)Cc2sc(C)nc2C)CC1. The Morgan fingerprint density at radius 1 is 1.05 bits per heavy atom. The molecule has 2 aromatic rings. The summed E-state index contributed by atoms with van der Waals surface area (Å²) < 4.78 is 5.93. The molecule has 0 unspecified atom stereocenters. The minimum atomic E-state index is -0.487. The number of hydrogen-bond donors (Lipinski definition) is 2. The lowest BCUT2D eigenvalue weighted by Gasteiger charge is -2.41. The van der Waals surface area contributed by atoms with Crippen LogP contribution in [0.5, 0.6) is 5.75 Å². The zero-order valence-corrected chi connectivity index (χ0v) is 23.0. The number of fused-ring (bicyclic) bond motifs is 1. The third-order valence-electron chi connectivity index (χ3n) is 7.48. The summed E-state index contributed by atoms with van der Waals surface area (Å²) in [4.78, 5) is 46.5. The Morgan fingerprint density at radius 2 is 1.81 bits per heavy atom. The molecule has 1 saturated heterocycles. The van der Waals surface area contributed by atoms with E-state index in [4.69, 9.17) is 4.74 Å². The number of aromatic nitrogens is 1. The summed E-state index contributed by atoms with van der Waals surface area (Å²) in [5, 5.41) is 7.12. The van der Waals surface area contributed by atoms with Crippen molar-refractivity contribution in [1.82, 2.24) is 20.5 Å². The van der Waals surface area contributed by atoms with E-state index in [2.05, 4.69) is 15.6 Å². The molecule has 1 aromatic carbocycles. The Hall–Kier alpha value is -2.94. The molecule has 9 heteroatoms. The highest BCUT2D eigenvalue weighted by Crippen LogP contribution is 2.37. The number of rotatable bonds is 2. The number of nitrogens with one attached hydrogen (secondary N) is 2. The highest BCUT2D eigenvalue weighted by molar-refractivity contribution is 7.11. The summed E-state index contributed by atoms with van der Waals surface area (Å²) in [6.45, 7) is 8.51. The van der Waals surface area contributed by atoms with Gasteiger partial charge in [-0.3, -0.25) is 14.4 Å². The van der Waals surface area contributed by atoms with Crippen LogP contribution in [-0.2, 0) is 16.0 Å². The Morgan fingerprint density at radius 3 is 2.54 bits per heavy atom. The van der Waals surface area contributed by atoms with E-state index in [1.54, 1.807) is 17.4 Å². The molecule has 0 saturated carbocycles. The van der Waals surface area contributed by atoms with Crippen LogP contribution in [0.4, 0.5) is 0 Å². The summed E-state index contributed by atoms with van der Waals surface area (Å²) >= 11 is 1.58. The van der Waals surface area contributed by atoms with Crippen molar-refractivity contribution in [3.8, 4) is 5.75 Å². The van der Waals surface area contributed by atoms with Crippen LogP contribution in [0.3, 0.4) is 0 Å². The number of aryl methyl sites for hydroxylation is 3. The van der Waals surface area contributed by atoms with Gasteiger partial charge in [-0.1, -0.05) is 12.5 Å². The van der Waals surface area contributed by atoms with Crippen LogP contribution in [0.15, 0.2) is 18.2 Å². The Balaban J connectivity index is 1.38. The fourth-order valence-electron chi connectivity index (χ4n) is 5.23. The van der Waals surface area contributed by atoms with E-state index >= 15 is 0 Å². The average Bonchev–Trinajstić information content (AvgIpc) is 3.19. The second-order valence-corrected chi connectivity index (χ2v) is 11.5. The first-order valence-corrected chi connectivity index (χ1v) is 14.1. The van der Waals surface area contributed by atoms with Crippen LogP contribution >= 0.6 is 11.3 Å². The van der Waals surface area contributed by atoms with E-state index in [0.29, 0.717) is 69.8 Å². The van der Waals surface area contributed by atoms with Gasteiger partial charge in [0.25, 0.3) is 5.91 Å². The number of piperidine rings is 1. The van der Waals surface area contributed by atoms with Crippen molar-refractivity contribution in [2.24, 2.45) is 5.41 Å². The van der Waals surface area contributed by atoms with Crippen LogP contribution < -0.4 is 15.4 Å². The molecule has 1 aromatic heterocycles. The smallest absolute Gasteiger partial charge is 0.255 e. The van der Waals surface area contributed by atoms with Gasteiger partial charge < -0.3 is 20.3 Å². The second-order valence-electron chi connectivity index (χ2n) is 10.2. The maximum absolute atomic E-state index is 13.4. The molecule has 4 rings (SSSR count). The number of ether oxygens (including phenoxy) is 1. The number of carbonyl (C=O) groups is 3. The van der Waals surface area contributed by atoms with E-state index in [9.17, 15) is 14.4 Å².